The van der Waals surface area contributed by atoms with Crippen LogP contribution in [0.4, 0.5) is 0 Å². The van der Waals surface area contributed by atoms with E-state index in [4.69, 9.17) is 0 Å². The largest absolute Gasteiger partial charge is 0.385 e. The third-order valence-electron chi connectivity index (χ3n) is 2.03. The van der Waals surface area contributed by atoms with E-state index >= 15 is 0 Å². The monoisotopic (exact) mass is 238 g/mol. The van der Waals surface area contributed by atoms with Gasteiger partial charge in [0, 0.05) is 25.7 Å². The van der Waals surface area contributed by atoms with E-state index in [0.29, 0.717) is 25.7 Å². The van der Waals surface area contributed by atoms with Gasteiger partial charge in [-0.25, -0.2) is 4.98 Å². The van der Waals surface area contributed by atoms with Crippen molar-refractivity contribution in [2.24, 2.45) is 5.16 Å². The third-order valence-corrected chi connectivity index (χ3v) is 2.03. The lowest BCUT2D eigenvalue weighted by Gasteiger charge is -2.07. The van der Waals surface area contributed by atoms with Crippen LogP contribution in [0, 0.1) is 0 Å². The number of amides is 1. The summed E-state index contributed by atoms with van der Waals surface area (Å²) in [6.45, 7) is 3.56. The normalized spacial score (nSPS) is 11.5. The van der Waals surface area contributed by atoms with E-state index in [0.717, 1.165) is 0 Å². The van der Waals surface area contributed by atoms with Gasteiger partial charge in [-0.15, -0.1) is 5.16 Å². The summed E-state index contributed by atoms with van der Waals surface area (Å²) >= 11 is 0. The molecule has 0 fully saturated rings. The number of carbonyl (C=O) groups is 2. The number of H-pyrrole nitrogens is 1. The molecule has 0 aromatic carbocycles. The molecular formula is C10H14N4O3. The fraction of sp³-hybridized carbons (Fsp3) is 0.400. The Morgan fingerprint density at radius 2 is 2.59 bits per heavy atom. The lowest BCUT2D eigenvalue weighted by Crippen LogP contribution is -2.26. The van der Waals surface area contributed by atoms with E-state index in [1.54, 1.807) is 6.20 Å². The lowest BCUT2D eigenvalue weighted by molar-refractivity contribution is -0.118. The Morgan fingerprint density at radius 1 is 1.76 bits per heavy atom. The van der Waals surface area contributed by atoms with Crippen molar-refractivity contribution < 1.29 is 14.4 Å². The van der Waals surface area contributed by atoms with Crippen LogP contribution in [0.25, 0.3) is 0 Å². The average Bonchev–Trinajstić information content (AvgIpc) is 2.86. The molecule has 0 spiro atoms. The minimum Gasteiger partial charge on any atom is -0.385 e. The minimum atomic E-state index is -0.604. The van der Waals surface area contributed by atoms with Gasteiger partial charge < -0.3 is 15.1 Å². The summed E-state index contributed by atoms with van der Waals surface area (Å²) < 4.78 is 0. The molecular weight excluding hydrogens is 224 g/mol. The van der Waals surface area contributed by atoms with E-state index in [1.165, 1.54) is 6.20 Å². The maximum absolute atomic E-state index is 11.4. The van der Waals surface area contributed by atoms with Crippen LogP contribution < -0.4 is 5.32 Å². The van der Waals surface area contributed by atoms with Gasteiger partial charge in [-0.05, 0) is 12.8 Å². The molecule has 1 aromatic heterocycles. The van der Waals surface area contributed by atoms with Crippen LogP contribution in [0.2, 0.25) is 0 Å². The zero-order chi connectivity index (χ0) is 12.5. The molecule has 7 nitrogen and oxygen atoms in total. The molecule has 92 valence electrons. The number of hydrogen-bond donors (Lipinski definition) is 2. The van der Waals surface area contributed by atoms with E-state index in [-0.39, 0.29) is 11.7 Å². The van der Waals surface area contributed by atoms with Crippen LogP contribution in [0.1, 0.15) is 23.5 Å². The Kier molecular flexibility index (Phi) is 5.42. The van der Waals surface area contributed by atoms with Gasteiger partial charge in [-0.3, -0.25) is 9.59 Å². The smallest absolute Gasteiger partial charge is 0.287 e. The van der Waals surface area contributed by atoms with Gasteiger partial charge in [0.05, 0.1) is 0 Å². The number of rotatable bonds is 8. The third kappa shape index (κ3) is 4.45. The summed E-state index contributed by atoms with van der Waals surface area (Å²) in [5, 5.41) is 5.83. The number of imidazole rings is 1. The summed E-state index contributed by atoms with van der Waals surface area (Å²) in [5.74, 6) is -0.0126. The Labute approximate surface area is 98.3 Å². The van der Waals surface area contributed by atoms with Crippen molar-refractivity contribution in [3.8, 4) is 0 Å². The maximum Gasteiger partial charge on any atom is 0.287 e. The molecule has 0 bridgehead atoms. The van der Waals surface area contributed by atoms with E-state index in [2.05, 4.69) is 32.0 Å². The topological polar surface area (TPSA) is 96.4 Å². The molecule has 7 heteroatoms. The molecule has 17 heavy (non-hydrogen) atoms. The van der Waals surface area contributed by atoms with Gasteiger partial charge in [0.25, 0.3) is 5.91 Å². The maximum atomic E-state index is 11.4. The summed E-state index contributed by atoms with van der Waals surface area (Å²) in [5.41, 5.74) is 0. The van der Waals surface area contributed by atoms with Crippen LogP contribution in [0.15, 0.2) is 17.5 Å². The number of aldehydes is 1. The SMILES string of the molecule is C=NOC(C=O)CCCNC(=O)c1ncc[nH]1. The second-order valence-electron chi connectivity index (χ2n) is 3.24. The quantitative estimate of drug-likeness (QED) is 0.291. The van der Waals surface area contributed by atoms with Crippen LogP contribution in [-0.2, 0) is 9.63 Å². The highest BCUT2D eigenvalue weighted by Gasteiger charge is 2.09. The second-order valence-corrected chi connectivity index (χ2v) is 3.24. The first kappa shape index (κ1) is 12.9. The van der Waals surface area contributed by atoms with Crippen LogP contribution in [0.5, 0.6) is 0 Å². The molecule has 0 aliphatic heterocycles. The second kappa shape index (κ2) is 7.15. The molecule has 1 heterocycles. The van der Waals surface area contributed by atoms with Gasteiger partial charge in [0.15, 0.2) is 18.2 Å². The number of nitrogens with one attached hydrogen (secondary N) is 2. The van der Waals surface area contributed by atoms with Crippen molar-refractivity contribution in [1.82, 2.24) is 15.3 Å². The highest BCUT2D eigenvalue weighted by molar-refractivity contribution is 5.90. The molecule has 1 atom stereocenters. The molecule has 0 saturated heterocycles. The number of aromatic nitrogens is 2. The highest BCUT2D eigenvalue weighted by atomic mass is 16.6. The zero-order valence-electron chi connectivity index (χ0n) is 9.26. The first-order valence-electron chi connectivity index (χ1n) is 5.12. The Morgan fingerprint density at radius 3 is 3.18 bits per heavy atom. The standard InChI is InChI=1S/C10H14N4O3/c1-11-17-8(7-15)3-2-4-14-10(16)9-12-5-6-13-9/h5-8H,1-4H2,(H,12,13)(H,14,16). The van der Waals surface area contributed by atoms with Crippen LogP contribution in [0.3, 0.4) is 0 Å². The van der Waals surface area contributed by atoms with Crippen molar-refractivity contribution in [2.75, 3.05) is 6.54 Å². The van der Waals surface area contributed by atoms with Crippen molar-refractivity contribution in [2.45, 2.75) is 18.9 Å². The fourth-order valence-corrected chi connectivity index (χ4v) is 1.22. The van der Waals surface area contributed by atoms with Gasteiger partial charge in [-0.1, -0.05) is 0 Å². The zero-order valence-corrected chi connectivity index (χ0v) is 9.26. The van der Waals surface area contributed by atoms with Crippen LogP contribution >= 0.6 is 0 Å². The number of aromatic amines is 1. The van der Waals surface area contributed by atoms with Gasteiger partial charge in [-0.2, -0.15) is 0 Å². The number of oxime groups is 1. The molecule has 1 amide bonds. The fourth-order valence-electron chi connectivity index (χ4n) is 1.22. The molecule has 2 N–H and O–H groups in total. The van der Waals surface area contributed by atoms with Crippen molar-refractivity contribution in [1.29, 1.82) is 0 Å². The van der Waals surface area contributed by atoms with Gasteiger partial charge in [0.1, 0.15) is 0 Å². The van der Waals surface area contributed by atoms with E-state index in [9.17, 15) is 9.59 Å². The summed E-state index contributed by atoms with van der Waals surface area (Å²) in [4.78, 5) is 33.1. The minimum absolute atomic E-state index is 0.265. The van der Waals surface area contributed by atoms with E-state index in [1.807, 2.05) is 0 Å². The summed E-state index contributed by atoms with van der Waals surface area (Å²) in [6, 6.07) is 0. The predicted octanol–water partition coefficient (Wildman–Crippen LogP) is 0.119. The number of hydrogen-bond acceptors (Lipinski definition) is 5. The first-order valence-corrected chi connectivity index (χ1v) is 5.12. The van der Waals surface area contributed by atoms with Crippen molar-refractivity contribution in [3.63, 3.8) is 0 Å². The Bertz CT molecular complexity index is 364. The average molecular weight is 238 g/mol. The van der Waals surface area contributed by atoms with Gasteiger partial charge in [0.2, 0.25) is 0 Å². The molecule has 0 saturated carbocycles. The molecule has 1 rings (SSSR count). The number of nitrogens with zero attached hydrogens (tertiary/aromatic N) is 2. The molecule has 0 aliphatic carbocycles. The lowest BCUT2D eigenvalue weighted by atomic mass is 10.2. The Balaban J connectivity index is 2.17. The highest BCUT2D eigenvalue weighted by Crippen LogP contribution is 1.99. The molecule has 1 unspecified atom stereocenters. The Hall–Kier alpha value is -2.18. The van der Waals surface area contributed by atoms with E-state index < -0.39 is 6.10 Å². The first-order chi connectivity index (χ1) is 8.27. The molecule has 0 radical (unpaired) electrons. The number of carbonyl (C=O) groups excluding carboxylic acids is 2. The predicted molar refractivity (Wildman–Crippen MR) is 60.6 cm³/mol. The summed E-state index contributed by atoms with van der Waals surface area (Å²) in [6.07, 6.45) is 4.20. The van der Waals surface area contributed by atoms with Crippen molar-refractivity contribution >= 4 is 18.9 Å². The van der Waals surface area contributed by atoms with Gasteiger partial charge >= 0.3 is 0 Å². The summed E-state index contributed by atoms with van der Waals surface area (Å²) in [7, 11) is 0. The molecule has 1 aromatic rings. The van der Waals surface area contributed by atoms with Crippen molar-refractivity contribution in [3.05, 3.63) is 18.2 Å². The van der Waals surface area contributed by atoms with Crippen LogP contribution in [-0.4, -0.2) is 41.5 Å². The molecule has 0 aliphatic rings.